The zero-order chi connectivity index (χ0) is 8.55. The first-order valence-corrected chi connectivity index (χ1v) is 5.61. The normalized spacial score (nSPS) is 16.2. The van der Waals surface area contributed by atoms with Crippen molar-refractivity contribution < 1.29 is 4.74 Å². The van der Waals surface area contributed by atoms with Crippen LogP contribution in [0.15, 0.2) is 16.7 Å². The van der Waals surface area contributed by atoms with E-state index in [0.29, 0.717) is 6.10 Å². The third kappa shape index (κ3) is 1.90. The summed E-state index contributed by atoms with van der Waals surface area (Å²) in [5.74, 6) is 0.889. The Labute approximate surface area is 93.0 Å². The van der Waals surface area contributed by atoms with Gasteiger partial charge in [0.2, 0.25) is 0 Å². The number of halogens is 2. The van der Waals surface area contributed by atoms with Crippen LogP contribution in [-0.4, -0.2) is 11.1 Å². The molecule has 0 aromatic carbocycles. The summed E-state index contributed by atoms with van der Waals surface area (Å²) in [4.78, 5) is 4.15. The first-order valence-electron chi connectivity index (χ1n) is 3.74. The zero-order valence-corrected chi connectivity index (χ0v) is 10.0. The largest absolute Gasteiger partial charge is 0.486 e. The van der Waals surface area contributed by atoms with E-state index in [-0.39, 0.29) is 0 Å². The van der Waals surface area contributed by atoms with Gasteiger partial charge < -0.3 is 4.74 Å². The summed E-state index contributed by atoms with van der Waals surface area (Å²) in [6, 6.07) is 1.90. The highest BCUT2D eigenvalue weighted by Gasteiger charge is 2.25. The molecule has 1 heterocycles. The number of hydrogen-bond donors (Lipinski definition) is 0. The molecule has 1 aromatic heterocycles. The minimum Gasteiger partial charge on any atom is -0.486 e. The maximum Gasteiger partial charge on any atom is 0.165 e. The van der Waals surface area contributed by atoms with E-state index in [1.807, 2.05) is 6.07 Å². The van der Waals surface area contributed by atoms with Crippen molar-refractivity contribution in [3.8, 4) is 5.75 Å². The molecular weight excluding hydrogens is 333 g/mol. The minimum atomic E-state index is 0.430. The van der Waals surface area contributed by atoms with Gasteiger partial charge in [0.25, 0.3) is 0 Å². The number of ether oxygens (including phenoxy) is 1. The van der Waals surface area contributed by atoms with Crippen LogP contribution in [-0.2, 0) is 0 Å². The van der Waals surface area contributed by atoms with Gasteiger partial charge in [0, 0.05) is 6.20 Å². The van der Waals surface area contributed by atoms with Crippen molar-refractivity contribution >= 4 is 38.5 Å². The van der Waals surface area contributed by atoms with Crippen molar-refractivity contribution in [3.63, 3.8) is 0 Å². The summed E-state index contributed by atoms with van der Waals surface area (Å²) < 4.78 is 7.59. The molecular formula is C8H7BrINO. The molecule has 0 unspecified atom stereocenters. The van der Waals surface area contributed by atoms with Gasteiger partial charge in [0.1, 0.15) is 3.70 Å². The van der Waals surface area contributed by atoms with Gasteiger partial charge in [-0.3, -0.25) is 0 Å². The molecule has 64 valence electrons. The minimum absolute atomic E-state index is 0.430. The van der Waals surface area contributed by atoms with Gasteiger partial charge in [0.15, 0.2) is 5.75 Å². The lowest BCUT2D eigenvalue weighted by molar-refractivity contribution is 0.297. The van der Waals surface area contributed by atoms with Crippen LogP contribution in [0.25, 0.3) is 0 Å². The van der Waals surface area contributed by atoms with Crippen LogP contribution in [0, 0.1) is 3.70 Å². The van der Waals surface area contributed by atoms with Crippen LogP contribution in [0.1, 0.15) is 12.8 Å². The Balaban J connectivity index is 2.26. The molecule has 1 aliphatic rings. The molecule has 1 fully saturated rings. The lowest BCUT2D eigenvalue weighted by atomic mass is 10.5. The van der Waals surface area contributed by atoms with Crippen molar-refractivity contribution in [1.29, 1.82) is 0 Å². The molecule has 1 aromatic rings. The Morgan fingerprint density at radius 3 is 2.92 bits per heavy atom. The quantitative estimate of drug-likeness (QED) is 0.610. The second-order valence-corrected chi connectivity index (χ2v) is 4.61. The molecule has 12 heavy (non-hydrogen) atoms. The zero-order valence-electron chi connectivity index (χ0n) is 6.26. The summed E-state index contributed by atoms with van der Waals surface area (Å²) in [6.45, 7) is 0. The molecule has 0 radical (unpaired) electrons. The molecule has 0 saturated heterocycles. The van der Waals surface area contributed by atoms with Gasteiger partial charge in [-0.05, 0) is 57.4 Å². The SMILES string of the molecule is Brc1ccnc(I)c1OC1CC1. The van der Waals surface area contributed by atoms with Gasteiger partial charge in [-0.1, -0.05) is 0 Å². The highest BCUT2D eigenvalue weighted by atomic mass is 127. The van der Waals surface area contributed by atoms with Crippen molar-refractivity contribution in [1.82, 2.24) is 4.98 Å². The lowest BCUT2D eigenvalue weighted by Crippen LogP contribution is -1.99. The Morgan fingerprint density at radius 2 is 2.33 bits per heavy atom. The average Bonchev–Trinajstić information content (AvgIpc) is 2.80. The van der Waals surface area contributed by atoms with E-state index >= 15 is 0 Å². The smallest absolute Gasteiger partial charge is 0.165 e. The third-order valence-corrected chi connectivity index (χ3v) is 3.01. The van der Waals surface area contributed by atoms with Gasteiger partial charge in [-0.2, -0.15) is 0 Å². The summed E-state index contributed by atoms with van der Waals surface area (Å²) >= 11 is 5.61. The van der Waals surface area contributed by atoms with E-state index in [2.05, 4.69) is 43.5 Å². The van der Waals surface area contributed by atoms with Gasteiger partial charge >= 0.3 is 0 Å². The Morgan fingerprint density at radius 1 is 1.58 bits per heavy atom. The maximum atomic E-state index is 5.67. The molecule has 0 bridgehead atoms. The highest BCUT2D eigenvalue weighted by molar-refractivity contribution is 14.1. The van der Waals surface area contributed by atoms with E-state index in [9.17, 15) is 0 Å². The molecule has 0 atom stereocenters. The van der Waals surface area contributed by atoms with E-state index in [4.69, 9.17) is 4.74 Å². The molecule has 0 aliphatic heterocycles. The molecule has 2 nitrogen and oxygen atoms in total. The topological polar surface area (TPSA) is 22.1 Å². The number of hydrogen-bond acceptors (Lipinski definition) is 2. The molecule has 1 aliphatic carbocycles. The Hall–Kier alpha value is 0.160. The van der Waals surface area contributed by atoms with Crippen molar-refractivity contribution in [2.45, 2.75) is 18.9 Å². The molecule has 2 rings (SSSR count). The molecule has 0 N–H and O–H groups in total. The maximum absolute atomic E-state index is 5.67. The standard InChI is InChI=1S/C8H7BrINO/c9-6-3-4-11-8(10)7(6)12-5-1-2-5/h3-5H,1-2H2. The molecule has 4 heteroatoms. The molecule has 1 saturated carbocycles. The second-order valence-electron chi connectivity index (χ2n) is 2.73. The Bertz CT molecular complexity index is 281. The average molecular weight is 340 g/mol. The van der Waals surface area contributed by atoms with Crippen molar-refractivity contribution in [3.05, 3.63) is 20.4 Å². The van der Waals surface area contributed by atoms with Crippen LogP contribution in [0.3, 0.4) is 0 Å². The lowest BCUT2D eigenvalue weighted by Gasteiger charge is -2.07. The number of aromatic nitrogens is 1. The van der Waals surface area contributed by atoms with E-state index in [1.54, 1.807) is 6.20 Å². The fraction of sp³-hybridized carbons (Fsp3) is 0.375. The van der Waals surface area contributed by atoms with Gasteiger partial charge in [-0.15, -0.1) is 0 Å². The fourth-order valence-electron chi connectivity index (χ4n) is 0.858. The summed E-state index contributed by atoms with van der Waals surface area (Å²) in [5, 5.41) is 0. The monoisotopic (exact) mass is 339 g/mol. The Kier molecular flexibility index (Phi) is 2.55. The fourth-order valence-corrected chi connectivity index (χ4v) is 2.21. The van der Waals surface area contributed by atoms with Crippen molar-refractivity contribution in [2.75, 3.05) is 0 Å². The van der Waals surface area contributed by atoms with Crippen LogP contribution < -0.4 is 4.74 Å². The van der Waals surface area contributed by atoms with Crippen molar-refractivity contribution in [2.24, 2.45) is 0 Å². The van der Waals surface area contributed by atoms with Gasteiger partial charge in [-0.25, -0.2) is 4.98 Å². The van der Waals surface area contributed by atoms with Crippen LogP contribution in [0.4, 0.5) is 0 Å². The third-order valence-electron chi connectivity index (χ3n) is 1.62. The second kappa shape index (κ2) is 3.49. The number of rotatable bonds is 2. The van der Waals surface area contributed by atoms with Crippen LogP contribution in [0.2, 0.25) is 0 Å². The summed E-state index contributed by atoms with van der Waals surface area (Å²) in [7, 11) is 0. The summed E-state index contributed by atoms with van der Waals surface area (Å²) in [5.41, 5.74) is 0. The van der Waals surface area contributed by atoms with E-state index in [1.165, 1.54) is 12.8 Å². The van der Waals surface area contributed by atoms with E-state index < -0.39 is 0 Å². The first-order chi connectivity index (χ1) is 5.77. The molecule has 0 spiro atoms. The summed E-state index contributed by atoms with van der Waals surface area (Å²) in [6.07, 6.45) is 4.56. The van der Waals surface area contributed by atoms with Crippen LogP contribution >= 0.6 is 38.5 Å². The van der Waals surface area contributed by atoms with E-state index in [0.717, 1.165) is 13.9 Å². The van der Waals surface area contributed by atoms with Crippen LogP contribution in [0.5, 0.6) is 5.75 Å². The number of nitrogens with zero attached hydrogens (tertiary/aromatic N) is 1. The molecule has 0 amide bonds. The first kappa shape index (κ1) is 8.74. The van der Waals surface area contributed by atoms with Gasteiger partial charge in [0.05, 0.1) is 10.6 Å². The highest BCUT2D eigenvalue weighted by Crippen LogP contribution is 2.34. The number of pyridine rings is 1. The predicted octanol–water partition coefficient (Wildman–Crippen LogP) is 2.99. The predicted molar refractivity (Wildman–Crippen MR) is 58.3 cm³/mol.